The van der Waals surface area contributed by atoms with Gasteiger partial charge < -0.3 is 9.47 Å². The van der Waals surface area contributed by atoms with E-state index in [1.165, 1.54) is 26.2 Å². The normalized spacial score (nSPS) is 50.7. The number of methoxy groups -OCH3 is 2. The summed E-state index contributed by atoms with van der Waals surface area (Å²) in [7, 11) is 2.73. The van der Waals surface area contributed by atoms with Crippen molar-refractivity contribution in [1.29, 1.82) is 0 Å². The van der Waals surface area contributed by atoms with Crippen molar-refractivity contribution in [2.24, 2.45) is 40.4 Å². The Hall–Kier alpha value is -1.32. The Morgan fingerprint density at radius 1 is 1.25 bits per heavy atom. The summed E-state index contributed by atoms with van der Waals surface area (Å²) in [5.74, 6) is 3.08. The van der Waals surface area contributed by atoms with Crippen molar-refractivity contribution >= 4 is 11.9 Å². The minimum Gasteiger partial charge on any atom is -0.468 e. The molecule has 0 amide bonds. The van der Waals surface area contributed by atoms with E-state index in [9.17, 15) is 9.59 Å². The highest BCUT2D eigenvalue weighted by atomic mass is 16.5. The van der Waals surface area contributed by atoms with E-state index in [2.05, 4.69) is 6.08 Å². The van der Waals surface area contributed by atoms with Crippen LogP contribution in [0.2, 0.25) is 0 Å². The maximum Gasteiger partial charge on any atom is 0.323 e. The summed E-state index contributed by atoms with van der Waals surface area (Å²) in [6.45, 7) is 0. The Kier molecular flexibility index (Phi) is 1.69. The molecule has 0 radical (unpaired) electrons. The van der Waals surface area contributed by atoms with Gasteiger partial charge in [0.05, 0.1) is 14.2 Å². The average molecular weight is 274 g/mol. The van der Waals surface area contributed by atoms with E-state index < -0.39 is 17.4 Å². The Bertz CT molecular complexity index is 575. The monoisotopic (exact) mass is 274 g/mol. The van der Waals surface area contributed by atoms with Crippen molar-refractivity contribution in [2.45, 2.75) is 19.3 Å². The van der Waals surface area contributed by atoms with Gasteiger partial charge in [-0.25, -0.2) is 0 Å². The number of hydrogen-bond acceptors (Lipinski definition) is 4. The van der Waals surface area contributed by atoms with Crippen molar-refractivity contribution in [3.63, 3.8) is 0 Å². The van der Waals surface area contributed by atoms with Gasteiger partial charge in [-0.15, -0.1) is 0 Å². The highest BCUT2D eigenvalue weighted by Crippen LogP contribution is 2.89. The van der Waals surface area contributed by atoms with Crippen molar-refractivity contribution in [1.82, 2.24) is 0 Å². The molecule has 6 aliphatic carbocycles. The Balaban J connectivity index is 1.63. The van der Waals surface area contributed by atoms with E-state index >= 15 is 0 Å². The Labute approximate surface area is 117 Å². The number of carbonyl (C=O) groups is 2. The molecule has 6 rings (SSSR count). The summed E-state index contributed by atoms with van der Waals surface area (Å²) < 4.78 is 9.92. The fourth-order valence-electron chi connectivity index (χ4n) is 6.78. The summed E-state index contributed by atoms with van der Waals surface area (Å²) in [4.78, 5) is 24.7. The van der Waals surface area contributed by atoms with Gasteiger partial charge in [-0.3, -0.25) is 9.59 Å². The number of rotatable bonds is 2. The molecule has 0 heterocycles. The second kappa shape index (κ2) is 2.97. The number of allylic oxidation sites excluding steroid dienone is 2. The fourth-order valence-corrected chi connectivity index (χ4v) is 6.78. The SMILES string of the molecule is COC(=O)C1(C(=O)OC)CC2=CC3C4C5CC3C2(C1)C54. The van der Waals surface area contributed by atoms with Crippen molar-refractivity contribution in [3.05, 3.63) is 11.6 Å². The second-order valence-corrected chi connectivity index (χ2v) is 7.34. The zero-order valence-electron chi connectivity index (χ0n) is 11.7. The third-order valence-corrected chi connectivity index (χ3v) is 7.15. The molecular formula is C16H18O4. The van der Waals surface area contributed by atoms with Gasteiger partial charge in [0.1, 0.15) is 0 Å². The minimum absolute atomic E-state index is 0.141. The largest absolute Gasteiger partial charge is 0.468 e. The van der Waals surface area contributed by atoms with Crippen LogP contribution < -0.4 is 0 Å². The molecule has 0 aromatic carbocycles. The van der Waals surface area contributed by atoms with E-state index in [0.29, 0.717) is 18.8 Å². The Morgan fingerprint density at radius 2 is 1.95 bits per heavy atom. The molecule has 106 valence electrons. The van der Waals surface area contributed by atoms with Crippen LogP contribution in [0, 0.1) is 40.4 Å². The lowest BCUT2D eigenvalue weighted by Gasteiger charge is -2.30. The fraction of sp³-hybridized carbons (Fsp3) is 0.750. The molecule has 4 heteroatoms. The first-order valence-corrected chi connectivity index (χ1v) is 7.48. The molecule has 0 aromatic rings. The molecular weight excluding hydrogens is 256 g/mol. The maximum absolute atomic E-state index is 12.3. The molecule has 6 aliphatic rings. The molecule has 1 spiro atoms. The zero-order valence-corrected chi connectivity index (χ0v) is 11.7. The van der Waals surface area contributed by atoms with Gasteiger partial charge in [-0.2, -0.15) is 0 Å². The predicted octanol–water partition coefficient (Wildman–Crippen LogP) is 1.55. The van der Waals surface area contributed by atoms with Gasteiger partial charge >= 0.3 is 11.9 Å². The van der Waals surface area contributed by atoms with Gasteiger partial charge in [0.15, 0.2) is 5.41 Å². The molecule has 0 saturated heterocycles. The first-order valence-electron chi connectivity index (χ1n) is 7.48. The maximum atomic E-state index is 12.3. The van der Waals surface area contributed by atoms with E-state index in [-0.39, 0.29) is 5.41 Å². The van der Waals surface area contributed by atoms with Crippen LogP contribution >= 0.6 is 0 Å². The van der Waals surface area contributed by atoms with Crippen LogP contribution in [0.1, 0.15) is 19.3 Å². The van der Waals surface area contributed by atoms with Crippen LogP contribution in [0.25, 0.3) is 0 Å². The predicted molar refractivity (Wildman–Crippen MR) is 68.3 cm³/mol. The molecule has 0 aromatic heterocycles. The number of esters is 2. The van der Waals surface area contributed by atoms with E-state index in [4.69, 9.17) is 9.47 Å². The molecule has 4 nitrogen and oxygen atoms in total. The van der Waals surface area contributed by atoms with Gasteiger partial charge in [0, 0.05) is 0 Å². The highest BCUT2D eigenvalue weighted by molar-refractivity contribution is 6.01. The molecule has 6 unspecified atom stereocenters. The number of hydrogen-bond donors (Lipinski definition) is 0. The second-order valence-electron chi connectivity index (χ2n) is 7.34. The summed E-state index contributed by atoms with van der Waals surface area (Å²) in [6.07, 6.45) is 4.85. The summed E-state index contributed by atoms with van der Waals surface area (Å²) in [5, 5.41) is 0. The lowest BCUT2D eigenvalue weighted by molar-refractivity contribution is -0.169. The zero-order chi connectivity index (χ0) is 13.9. The quantitative estimate of drug-likeness (QED) is 0.435. The van der Waals surface area contributed by atoms with Gasteiger partial charge in [-0.1, -0.05) is 11.6 Å². The topological polar surface area (TPSA) is 52.6 Å². The number of carbonyl (C=O) groups excluding carboxylic acids is 2. The summed E-state index contributed by atoms with van der Waals surface area (Å²) in [5.41, 5.74) is 0.428. The summed E-state index contributed by atoms with van der Waals surface area (Å²) >= 11 is 0. The first kappa shape index (κ1) is 11.4. The third-order valence-electron chi connectivity index (χ3n) is 7.15. The molecule has 5 saturated carbocycles. The van der Waals surface area contributed by atoms with Gasteiger partial charge in [-0.05, 0) is 54.3 Å². The molecule has 0 aliphatic heterocycles. The van der Waals surface area contributed by atoms with E-state index in [1.807, 2.05) is 0 Å². The molecule has 0 N–H and O–H groups in total. The first-order chi connectivity index (χ1) is 9.60. The summed E-state index contributed by atoms with van der Waals surface area (Å²) in [6, 6.07) is 0. The molecule has 20 heavy (non-hydrogen) atoms. The molecule has 6 atom stereocenters. The average Bonchev–Trinajstić information content (AvgIpc) is 2.83. The minimum atomic E-state index is -1.08. The highest BCUT2D eigenvalue weighted by Gasteiger charge is 2.85. The lowest BCUT2D eigenvalue weighted by Crippen LogP contribution is -2.40. The van der Waals surface area contributed by atoms with E-state index in [0.717, 1.165) is 23.7 Å². The third kappa shape index (κ3) is 0.845. The molecule has 5 fully saturated rings. The van der Waals surface area contributed by atoms with Crippen molar-refractivity contribution in [2.75, 3.05) is 14.2 Å². The van der Waals surface area contributed by atoms with Crippen LogP contribution in [-0.2, 0) is 19.1 Å². The van der Waals surface area contributed by atoms with Gasteiger partial charge in [0.2, 0.25) is 0 Å². The number of ether oxygens (including phenoxy) is 2. The van der Waals surface area contributed by atoms with Gasteiger partial charge in [0.25, 0.3) is 0 Å². The van der Waals surface area contributed by atoms with Crippen LogP contribution in [-0.4, -0.2) is 26.2 Å². The molecule has 6 bridgehead atoms. The standard InChI is InChI=1S/C16H18O4/c1-19-13(17)15(14(18)20-2)5-7-3-8-10-4-9-11(8)12(9)16(7,10)6-15/h3,8-12H,4-6H2,1-2H3. The van der Waals surface area contributed by atoms with Crippen molar-refractivity contribution < 1.29 is 19.1 Å². The lowest BCUT2D eigenvalue weighted by atomic mass is 9.73. The van der Waals surface area contributed by atoms with Crippen LogP contribution in [0.15, 0.2) is 11.6 Å². The van der Waals surface area contributed by atoms with Crippen LogP contribution in [0.4, 0.5) is 0 Å². The van der Waals surface area contributed by atoms with E-state index in [1.54, 1.807) is 0 Å². The smallest absolute Gasteiger partial charge is 0.323 e. The van der Waals surface area contributed by atoms with Crippen LogP contribution in [0.3, 0.4) is 0 Å². The van der Waals surface area contributed by atoms with Crippen molar-refractivity contribution in [3.8, 4) is 0 Å². The Morgan fingerprint density at radius 3 is 2.50 bits per heavy atom. The van der Waals surface area contributed by atoms with Crippen LogP contribution in [0.5, 0.6) is 0 Å².